The molecular formula is C14H15FN2O3S2. The Morgan fingerprint density at radius 1 is 1.45 bits per heavy atom. The van der Waals surface area contributed by atoms with Crippen molar-refractivity contribution in [1.29, 1.82) is 0 Å². The zero-order valence-corrected chi connectivity index (χ0v) is 13.4. The minimum absolute atomic E-state index is 0.00805. The molecule has 2 N–H and O–H groups in total. The highest BCUT2D eigenvalue weighted by molar-refractivity contribution is 8.14. The molecule has 2 heterocycles. The van der Waals surface area contributed by atoms with E-state index in [1.54, 1.807) is 18.8 Å². The lowest BCUT2D eigenvalue weighted by molar-refractivity contribution is -0.141. The van der Waals surface area contributed by atoms with Gasteiger partial charge in [-0.25, -0.2) is 4.39 Å². The van der Waals surface area contributed by atoms with Crippen LogP contribution in [0.4, 0.5) is 4.39 Å². The summed E-state index contributed by atoms with van der Waals surface area (Å²) in [6.45, 7) is 0. The lowest BCUT2D eigenvalue weighted by atomic mass is 10.2. The summed E-state index contributed by atoms with van der Waals surface area (Å²) < 4.78 is 13.1. The van der Waals surface area contributed by atoms with Gasteiger partial charge in [-0.1, -0.05) is 0 Å². The van der Waals surface area contributed by atoms with Crippen molar-refractivity contribution in [1.82, 2.24) is 4.90 Å². The SMILES string of the molecule is CN1C(C2CSC(c3ccc(F)cc3O)=N2)SC[C@@H]1C(=O)O. The van der Waals surface area contributed by atoms with Crippen molar-refractivity contribution in [3.05, 3.63) is 29.6 Å². The van der Waals surface area contributed by atoms with Crippen LogP contribution in [0.25, 0.3) is 0 Å². The number of rotatable bonds is 3. The summed E-state index contributed by atoms with van der Waals surface area (Å²) in [5, 5.41) is 19.7. The van der Waals surface area contributed by atoms with E-state index in [1.165, 1.54) is 23.9 Å². The van der Waals surface area contributed by atoms with Crippen LogP contribution in [0, 0.1) is 5.82 Å². The molecule has 2 aliphatic heterocycles. The predicted octanol–water partition coefficient (Wildman–Crippen LogP) is 1.85. The van der Waals surface area contributed by atoms with Gasteiger partial charge < -0.3 is 10.2 Å². The third-order valence-electron chi connectivity index (χ3n) is 3.80. The van der Waals surface area contributed by atoms with Crippen molar-refractivity contribution >= 4 is 34.5 Å². The summed E-state index contributed by atoms with van der Waals surface area (Å²) in [4.78, 5) is 17.6. The highest BCUT2D eigenvalue weighted by atomic mass is 32.2. The van der Waals surface area contributed by atoms with Gasteiger partial charge in [0.25, 0.3) is 0 Å². The van der Waals surface area contributed by atoms with Crippen LogP contribution in [-0.4, -0.2) is 62.1 Å². The third kappa shape index (κ3) is 2.82. The summed E-state index contributed by atoms with van der Waals surface area (Å²) >= 11 is 3.09. The number of benzene rings is 1. The van der Waals surface area contributed by atoms with Crippen LogP contribution in [-0.2, 0) is 4.79 Å². The summed E-state index contributed by atoms with van der Waals surface area (Å²) in [7, 11) is 1.80. The quantitative estimate of drug-likeness (QED) is 0.873. The Balaban J connectivity index is 1.79. The number of aromatic hydroxyl groups is 1. The predicted molar refractivity (Wildman–Crippen MR) is 86.3 cm³/mol. The fourth-order valence-electron chi connectivity index (χ4n) is 2.60. The Labute approximate surface area is 135 Å². The zero-order valence-electron chi connectivity index (χ0n) is 11.8. The number of nitrogens with zero attached hydrogens (tertiary/aromatic N) is 2. The molecule has 3 atom stereocenters. The lowest BCUT2D eigenvalue weighted by Crippen LogP contribution is -2.42. The van der Waals surface area contributed by atoms with Crippen molar-refractivity contribution in [2.24, 2.45) is 4.99 Å². The summed E-state index contributed by atoms with van der Waals surface area (Å²) in [5.74, 6) is -0.159. The molecule has 2 unspecified atom stereocenters. The fraction of sp³-hybridized carbons (Fsp3) is 0.429. The average molecular weight is 342 g/mol. The molecule has 1 aromatic rings. The van der Waals surface area contributed by atoms with Gasteiger partial charge in [-0.05, 0) is 19.2 Å². The highest BCUT2D eigenvalue weighted by Crippen LogP contribution is 2.37. The number of hydrogen-bond donors (Lipinski definition) is 2. The average Bonchev–Trinajstić information content (AvgIpc) is 3.05. The van der Waals surface area contributed by atoms with Crippen LogP contribution in [0.5, 0.6) is 5.75 Å². The Morgan fingerprint density at radius 2 is 2.23 bits per heavy atom. The molecular weight excluding hydrogens is 327 g/mol. The first-order chi connectivity index (χ1) is 10.5. The maximum atomic E-state index is 13.1. The van der Waals surface area contributed by atoms with E-state index in [0.717, 1.165) is 11.8 Å². The van der Waals surface area contributed by atoms with Gasteiger partial charge in [0.2, 0.25) is 0 Å². The molecule has 0 radical (unpaired) electrons. The molecule has 0 spiro atoms. The normalized spacial score (nSPS) is 28.8. The second-order valence-corrected chi connectivity index (χ2v) is 7.38. The maximum absolute atomic E-state index is 13.1. The van der Waals surface area contributed by atoms with Crippen molar-refractivity contribution in [2.75, 3.05) is 18.6 Å². The largest absolute Gasteiger partial charge is 0.507 e. The van der Waals surface area contributed by atoms with Crippen LogP contribution in [0.3, 0.4) is 0 Å². The number of halogens is 1. The topological polar surface area (TPSA) is 73.1 Å². The van der Waals surface area contributed by atoms with Gasteiger partial charge in [0.15, 0.2) is 0 Å². The van der Waals surface area contributed by atoms with Crippen LogP contribution in [0.1, 0.15) is 5.56 Å². The second-order valence-electron chi connectivity index (χ2n) is 5.22. The third-order valence-corrected chi connectivity index (χ3v) is 6.40. The molecule has 0 aromatic heterocycles. The van der Waals surface area contributed by atoms with Gasteiger partial charge in [-0.15, -0.1) is 23.5 Å². The number of phenolic OH excluding ortho intramolecular Hbond substituents is 1. The van der Waals surface area contributed by atoms with E-state index in [9.17, 15) is 19.4 Å². The van der Waals surface area contributed by atoms with E-state index >= 15 is 0 Å². The molecule has 5 nitrogen and oxygen atoms in total. The van der Waals surface area contributed by atoms with Gasteiger partial charge >= 0.3 is 5.97 Å². The molecule has 0 bridgehead atoms. The summed E-state index contributed by atoms with van der Waals surface area (Å²) in [6.07, 6.45) is 0. The molecule has 0 amide bonds. The summed E-state index contributed by atoms with van der Waals surface area (Å²) in [6, 6.07) is 3.36. The monoisotopic (exact) mass is 342 g/mol. The van der Waals surface area contributed by atoms with E-state index in [1.807, 2.05) is 4.90 Å². The number of likely N-dealkylation sites (N-methyl/N-ethyl adjacent to an activating group) is 1. The van der Waals surface area contributed by atoms with Crippen LogP contribution >= 0.6 is 23.5 Å². The molecule has 1 aromatic carbocycles. The maximum Gasteiger partial charge on any atom is 0.321 e. The first kappa shape index (κ1) is 15.6. The molecule has 2 aliphatic rings. The first-order valence-corrected chi connectivity index (χ1v) is 8.76. The number of hydrogen-bond acceptors (Lipinski definition) is 6. The Kier molecular flexibility index (Phi) is 4.33. The standard InChI is InChI=1S/C14H15FN2O3S2/c1-17-10(14(19)20)6-22-13(17)9-5-21-12(16-9)8-3-2-7(15)4-11(8)18/h2-4,9-10,13,18H,5-6H2,1H3,(H,19,20)/t9?,10-,13?/m1/s1. The van der Waals surface area contributed by atoms with E-state index in [0.29, 0.717) is 16.4 Å². The number of aliphatic carboxylic acids is 1. The van der Waals surface area contributed by atoms with Gasteiger partial charge in [-0.2, -0.15) is 0 Å². The first-order valence-electron chi connectivity index (χ1n) is 6.73. The number of thioether (sulfide) groups is 2. The van der Waals surface area contributed by atoms with E-state index < -0.39 is 17.8 Å². The van der Waals surface area contributed by atoms with Crippen molar-refractivity contribution in [2.45, 2.75) is 17.5 Å². The van der Waals surface area contributed by atoms with E-state index in [4.69, 9.17) is 0 Å². The molecule has 22 heavy (non-hydrogen) atoms. The second kappa shape index (κ2) is 6.10. The minimum atomic E-state index is -0.816. The molecule has 3 rings (SSSR count). The van der Waals surface area contributed by atoms with E-state index in [-0.39, 0.29) is 17.2 Å². The van der Waals surface area contributed by atoms with Crippen LogP contribution < -0.4 is 0 Å². The van der Waals surface area contributed by atoms with Gasteiger partial charge in [-0.3, -0.25) is 14.7 Å². The number of phenols is 1. The van der Waals surface area contributed by atoms with Gasteiger partial charge in [0.1, 0.15) is 22.7 Å². The molecule has 1 saturated heterocycles. The zero-order chi connectivity index (χ0) is 15.9. The summed E-state index contributed by atoms with van der Waals surface area (Å²) in [5.41, 5.74) is 0.523. The Hall–Kier alpha value is -1.25. The van der Waals surface area contributed by atoms with Gasteiger partial charge in [0.05, 0.1) is 11.4 Å². The molecule has 0 saturated carbocycles. The highest BCUT2D eigenvalue weighted by Gasteiger charge is 2.41. The van der Waals surface area contributed by atoms with Crippen molar-refractivity contribution < 1.29 is 19.4 Å². The minimum Gasteiger partial charge on any atom is -0.507 e. The smallest absolute Gasteiger partial charge is 0.321 e. The number of carbonyl (C=O) groups is 1. The number of carboxylic acids is 1. The molecule has 8 heteroatoms. The Morgan fingerprint density at radius 3 is 2.86 bits per heavy atom. The lowest BCUT2D eigenvalue weighted by Gasteiger charge is -2.24. The fourth-order valence-corrected chi connectivity index (χ4v) is 5.36. The molecule has 1 fully saturated rings. The number of carboxylic acid groups (broad SMARTS) is 1. The van der Waals surface area contributed by atoms with E-state index in [2.05, 4.69) is 4.99 Å². The van der Waals surface area contributed by atoms with Gasteiger partial charge in [0, 0.05) is 23.1 Å². The number of aliphatic imine (C=N–C) groups is 1. The van der Waals surface area contributed by atoms with Crippen molar-refractivity contribution in [3.8, 4) is 5.75 Å². The van der Waals surface area contributed by atoms with Crippen LogP contribution in [0.15, 0.2) is 23.2 Å². The van der Waals surface area contributed by atoms with Crippen LogP contribution in [0.2, 0.25) is 0 Å². The molecule has 118 valence electrons. The Bertz CT molecular complexity index is 641. The van der Waals surface area contributed by atoms with Crippen molar-refractivity contribution in [3.63, 3.8) is 0 Å². The molecule has 0 aliphatic carbocycles.